The van der Waals surface area contributed by atoms with Gasteiger partial charge in [0.05, 0.1) is 12.5 Å². The average molecular weight is 660 g/mol. The van der Waals surface area contributed by atoms with E-state index in [1.165, 1.54) is 0 Å². The number of carbonyl (C=O) groups excluding carboxylic acids is 3. The fraction of sp³-hybridized carbons (Fsp3) is 0.250. The number of nitrogens with one attached hydrogen (secondary N) is 1. The molecule has 1 N–H and O–H groups in total. The van der Waals surface area contributed by atoms with Gasteiger partial charge in [-0.2, -0.15) is 0 Å². The molecule has 9 heteroatoms. The first-order valence-electron chi connectivity index (χ1n) is 16.2. The number of rotatable bonds is 13. The van der Waals surface area contributed by atoms with Crippen molar-refractivity contribution in [1.82, 2.24) is 14.9 Å². The molecule has 0 radical (unpaired) electrons. The number of benzene rings is 3. The SMILES string of the molecule is CC(C)(C)C(COC(=O)OCc1ccccc1)NC(=O)C(CC(=O)OCc1ccccc1)n1ccc(-c2ccc(-c3ccncc3)cc2)c1. The first kappa shape index (κ1) is 34.6. The number of hydrogen-bond donors (Lipinski definition) is 1. The maximum absolute atomic E-state index is 14.0. The molecule has 49 heavy (non-hydrogen) atoms. The molecule has 0 aliphatic rings. The molecule has 0 saturated carbocycles. The molecule has 2 unspecified atom stereocenters. The molecule has 1 amide bonds. The van der Waals surface area contributed by atoms with Crippen molar-refractivity contribution in [3.63, 3.8) is 0 Å². The standard InChI is InChI=1S/C40H41N3O6/c1-40(2,3)36(28-49-39(46)48-27-30-12-8-5-9-13-30)42-38(45)35(24-37(44)47-26-29-10-6-4-7-11-29)43-23-20-34(25-43)32-16-14-31(15-17-32)33-18-21-41-22-19-33/h4-23,25,35-36H,24,26-28H2,1-3H3,(H,42,45). The molecule has 2 aromatic heterocycles. The summed E-state index contributed by atoms with van der Waals surface area (Å²) < 4.78 is 18.0. The van der Waals surface area contributed by atoms with Crippen molar-refractivity contribution in [2.75, 3.05) is 6.61 Å². The number of carbonyl (C=O) groups is 3. The van der Waals surface area contributed by atoms with E-state index < -0.39 is 35.5 Å². The second-order valence-electron chi connectivity index (χ2n) is 12.8. The normalized spacial score (nSPS) is 12.4. The van der Waals surface area contributed by atoms with Gasteiger partial charge >= 0.3 is 12.1 Å². The summed E-state index contributed by atoms with van der Waals surface area (Å²) in [5, 5.41) is 3.03. The molecular weight excluding hydrogens is 618 g/mol. The van der Waals surface area contributed by atoms with Gasteiger partial charge in [0.2, 0.25) is 5.91 Å². The third-order valence-electron chi connectivity index (χ3n) is 8.14. The molecule has 3 aromatic carbocycles. The van der Waals surface area contributed by atoms with E-state index in [0.29, 0.717) is 0 Å². The minimum atomic E-state index is -0.928. The molecule has 5 aromatic rings. The zero-order valence-electron chi connectivity index (χ0n) is 28.0. The lowest BCUT2D eigenvalue weighted by Crippen LogP contribution is -2.49. The molecule has 5 rings (SSSR count). The van der Waals surface area contributed by atoms with Crippen LogP contribution in [0.5, 0.6) is 0 Å². The van der Waals surface area contributed by atoms with Gasteiger partial charge in [-0.15, -0.1) is 0 Å². The smallest absolute Gasteiger partial charge is 0.461 e. The topological polar surface area (TPSA) is 109 Å². The molecule has 9 nitrogen and oxygen atoms in total. The summed E-state index contributed by atoms with van der Waals surface area (Å²) in [6.07, 6.45) is 6.11. The molecule has 252 valence electrons. The van der Waals surface area contributed by atoms with Gasteiger partial charge in [0.25, 0.3) is 0 Å². The molecule has 0 bridgehead atoms. The van der Waals surface area contributed by atoms with E-state index in [-0.39, 0.29) is 26.2 Å². The van der Waals surface area contributed by atoms with Gasteiger partial charge in [0.1, 0.15) is 25.9 Å². The second kappa shape index (κ2) is 16.4. The molecule has 0 aliphatic heterocycles. The maximum atomic E-state index is 14.0. The number of amides is 1. The van der Waals surface area contributed by atoms with Crippen molar-refractivity contribution in [3.8, 4) is 22.3 Å². The second-order valence-corrected chi connectivity index (χ2v) is 12.8. The summed E-state index contributed by atoms with van der Waals surface area (Å²) in [4.78, 5) is 43.7. The Morgan fingerprint density at radius 3 is 1.84 bits per heavy atom. The lowest BCUT2D eigenvalue weighted by atomic mass is 9.87. The van der Waals surface area contributed by atoms with Gasteiger partial charge in [0.15, 0.2) is 0 Å². The van der Waals surface area contributed by atoms with Crippen LogP contribution in [0.3, 0.4) is 0 Å². The van der Waals surface area contributed by atoms with Crippen LogP contribution in [0.1, 0.15) is 44.4 Å². The highest BCUT2D eigenvalue weighted by atomic mass is 16.7. The van der Waals surface area contributed by atoms with Gasteiger partial charge in [-0.1, -0.05) is 106 Å². The van der Waals surface area contributed by atoms with Gasteiger partial charge in [-0.05, 0) is 57.0 Å². The quantitative estimate of drug-likeness (QED) is 0.129. The van der Waals surface area contributed by atoms with E-state index in [9.17, 15) is 14.4 Å². The number of ether oxygens (including phenoxy) is 3. The van der Waals surface area contributed by atoms with Crippen LogP contribution in [-0.4, -0.2) is 40.2 Å². The Balaban J connectivity index is 1.30. The van der Waals surface area contributed by atoms with Crippen molar-refractivity contribution in [2.24, 2.45) is 5.41 Å². The third kappa shape index (κ3) is 10.1. The summed E-state index contributed by atoms with van der Waals surface area (Å²) in [5.74, 6) is -0.929. The van der Waals surface area contributed by atoms with E-state index in [0.717, 1.165) is 33.4 Å². The van der Waals surface area contributed by atoms with E-state index >= 15 is 0 Å². The van der Waals surface area contributed by atoms with E-state index in [1.54, 1.807) is 23.2 Å². The Bertz CT molecular complexity index is 1800. The van der Waals surface area contributed by atoms with Gasteiger partial charge in [0, 0.05) is 24.8 Å². The minimum Gasteiger partial charge on any atom is -0.461 e. The van der Waals surface area contributed by atoms with Crippen molar-refractivity contribution in [3.05, 3.63) is 139 Å². The van der Waals surface area contributed by atoms with Crippen molar-refractivity contribution in [1.29, 1.82) is 0 Å². The predicted octanol–water partition coefficient (Wildman–Crippen LogP) is 7.78. The van der Waals surface area contributed by atoms with Crippen LogP contribution in [0.25, 0.3) is 22.3 Å². The van der Waals surface area contributed by atoms with Crippen molar-refractivity contribution < 1.29 is 28.6 Å². The summed E-state index contributed by atoms with van der Waals surface area (Å²) in [6, 6.07) is 31.1. The van der Waals surface area contributed by atoms with E-state index in [2.05, 4.69) is 10.3 Å². The predicted molar refractivity (Wildman–Crippen MR) is 187 cm³/mol. The zero-order valence-corrected chi connectivity index (χ0v) is 28.0. The molecular formula is C40H41N3O6. The number of hydrogen-bond acceptors (Lipinski definition) is 7. The van der Waals surface area contributed by atoms with Crippen molar-refractivity contribution >= 4 is 18.0 Å². The maximum Gasteiger partial charge on any atom is 0.508 e. The van der Waals surface area contributed by atoms with Gasteiger partial charge in [-0.25, -0.2) is 4.79 Å². The Morgan fingerprint density at radius 2 is 1.24 bits per heavy atom. The van der Waals surface area contributed by atoms with E-state index in [4.69, 9.17) is 14.2 Å². The van der Waals surface area contributed by atoms with Crippen LogP contribution in [-0.2, 0) is 37.0 Å². The van der Waals surface area contributed by atoms with Crippen LogP contribution in [0, 0.1) is 5.41 Å². The fourth-order valence-corrected chi connectivity index (χ4v) is 5.15. The average Bonchev–Trinajstić information content (AvgIpc) is 3.61. The third-order valence-corrected chi connectivity index (χ3v) is 8.14. The van der Waals surface area contributed by atoms with Crippen LogP contribution >= 0.6 is 0 Å². The summed E-state index contributed by atoms with van der Waals surface area (Å²) in [6.45, 7) is 5.85. The lowest BCUT2D eigenvalue weighted by molar-refractivity contribution is -0.148. The van der Waals surface area contributed by atoms with Crippen LogP contribution in [0.15, 0.2) is 128 Å². The summed E-state index contributed by atoms with van der Waals surface area (Å²) >= 11 is 0. The van der Waals surface area contributed by atoms with Gasteiger partial charge in [-0.3, -0.25) is 14.6 Å². The van der Waals surface area contributed by atoms with Crippen LogP contribution in [0.2, 0.25) is 0 Å². The first-order valence-corrected chi connectivity index (χ1v) is 16.2. The van der Waals surface area contributed by atoms with Crippen molar-refractivity contribution in [2.45, 2.75) is 52.5 Å². The molecule has 0 saturated heterocycles. The van der Waals surface area contributed by atoms with Crippen LogP contribution in [0.4, 0.5) is 4.79 Å². The molecule has 0 aliphatic carbocycles. The Hall–Kier alpha value is -5.70. The Kier molecular flexibility index (Phi) is 11.6. The lowest BCUT2D eigenvalue weighted by Gasteiger charge is -2.32. The highest BCUT2D eigenvalue weighted by Gasteiger charge is 2.32. The van der Waals surface area contributed by atoms with Gasteiger partial charge < -0.3 is 24.1 Å². The number of pyridine rings is 1. The molecule has 2 atom stereocenters. The first-order chi connectivity index (χ1) is 23.7. The highest BCUT2D eigenvalue weighted by Crippen LogP contribution is 2.28. The largest absolute Gasteiger partial charge is 0.508 e. The monoisotopic (exact) mass is 659 g/mol. The highest BCUT2D eigenvalue weighted by molar-refractivity contribution is 5.86. The fourth-order valence-electron chi connectivity index (χ4n) is 5.15. The Labute approximate surface area is 286 Å². The minimum absolute atomic E-state index is 0.0712. The molecule has 2 heterocycles. The number of esters is 1. The summed E-state index contributed by atoms with van der Waals surface area (Å²) in [7, 11) is 0. The Morgan fingerprint density at radius 1 is 0.694 bits per heavy atom. The van der Waals surface area contributed by atoms with Crippen LogP contribution < -0.4 is 5.32 Å². The zero-order chi connectivity index (χ0) is 34.6. The summed E-state index contributed by atoms with van der Waals surface area (Å²) in [5.41, 5.74) is 5.14. The number of nitrogens with zero attached hydrogens (tertiary/aromatic N) is 2. The molecule has 0 fully saturated rings. The number of aromatic nitrogens is 2. The molecule has 0 spiro atoms. The van der Waals surface area contributed by atoms with E-state index in [1.807, 2.05) is 130 Å².